The van der Waals surface area contributed by atoms with Gasteiger partial charge >= 0.3 is 5.97 Å². The van der Waals surface area contributed by atoms with Gasteiger partial charge < -0.3 is 5.11 Å². The van der Waals surface area contributed by atoms with E-state index in [0.717, 1.165) is 11.1 Å². The van der Waals surface area contributed by atoms with Crippen LogP contribution in [0.4, 0.5) is 0 Å². The smallest absolute Gasteiger partial charge is 0.307 e. The van der Waals surface area contributed by atoms with Crippen LogP contribution in [-0.2, 0) is 10.2 Å². The molecule has 0 unspecified atom stereocenters. The van der Waals surface area contributed by atoms with Gasteiger partial charge in [-0.3, -0.25) is 4.79 Å². The predicted octanol–water partition coefficient (Wildman–Crippen LogP) is 3.69. The third-order valence-corrected chi connectivity index (χ3v) is 4.33. The topological polar surface area (TPSA) is 37.3 Å². The second-order valence-electron chi connectivity index (χ2n) is 5.81. The molecule has 0 saturated heterocycles. The quantitative estimate of drug-likeness (QED) is 0.919. The van der Waals surface area contributed by atoms with E-state index in [1.807, 2.05) is 38.1 Å². The summed E-state index contributed by atoms with van der Waals surface area (Å²) in [6, 6.07) is 16.5. The van der Waals surface area contributed by atoms with E-state index < -0.39 is 5.97 Å². The molecule has 0 aromatic heterocycles. The number of hydrogen-bond donors (Lipinski definition) is 1. The summed E-state index contributed by atoms with van der Waals surface area (Å²) < 4.78 is 0. The fraction of sp³-hybridized carbons (Fsp3) is 0.278. The molecule has 1 atom stereocenters. The number of benzene rings is 2. The van der Waals surface area contributed by atoms with Crippen molar-refractivity contribution in [1.82, 2.24) is 0 Å². The molecule has 1 aliphatic carbocycles. The monoisotopic (exact) mass is 266 g/mol. The highest BCUT2D eigenvalue weighted by Crippen LogP contribution is 2.59. The van der Waals surface area contributed by atoms with Crippen molar-refractivity contribution in [3.8, 4) is 0 Å². The van der Waals surface area contributed by atoms with E-state index in [2.05, 4.69) is 24.3 Å². The van der Waals surface area contributed by atoms with Gasteiger partial charge in [0, 0.05) is 5.41 Å². The van der Waals surface area contributed by atoms with Crippen molar-refractivity contribution in [2.75, 3.05) is 0 Å². The summed E-state index contributed by atoms with van der Waals surface area (Å²) in [5, 5.41) is 9.45. The fourth-order valence-corrected chi connectivity index (χ4v) is 3.21. The lowest BCUT2D eigenvalue weighted by atomic mass is 9.84. The van der Waals surface area contributed by atoms with E-state index in [-0.39, 0.29) is 11.3 Å². The maximum atomic E-state index is 11.5. The molecular weight excluding hydrogens is 248 g/mol. The zero-order chi connectivity index (χ0) is 14.3. The van der Waals surface area contributed by atoms with Crippen LogP contribution in [0, 0.1) is 19.8 Å². The summed E-state index contributed by atoms with van der Waals surface area (Å²) in [5.41, 5.74) is 4.24. The Morgan fingerprint density at radius 3 is 1.90 bits per heavy atom. The Labute approximate surface area is 119 Å². The minimum Gasteiger partial charge on any atom is -0.481 e. The number of aliphatic carboxylic acids is 1. The molecule has 0 radical (unpaired) electrons. The molecule has 0 bridgehead atoms. The van der Waals surface area contributed by atoms with Crippen LogP contribution in [0.3, 0.4) is 0 Å². The number of hydrogen-bond acceptors (Lipinski definition) is 1. The second kappa shape index (κ2) is 4.48. The highest BCUT2D eigenvalue weighted by molar-refractivity contribution is 5.79. The Hall–Kier alpha value is -2.09. The minimum atomic E-state index is -0.701. The molecule has 1 N–H and O–H groups in total. The van der Waals surface area contributed by atoms with Crippen molar-refractivity contribution >= 4 is 5.97 Å². The van der Waals surface area contributed by atoms with Crippen LogP contribution < -0.4 is 0 Å². The van der Waals surface area contributed by atoms with Crippen molar-refractivity contribution in [3.63, 3.8) is 0 Å². The minimum absolute atomic E-state index is 0.314. The maximum Gasteiger partial charge on any atom is 0.307 e. The molecule has 0 spiro atoms. The molecule has 0 heterocycles. The first-order chi connectivity index (χ1) is 9.54. The van der Waals surface area contributed by atoms with Crippen LogP contribution in [0.2, 0.25) is 0 Å². The van der Waals surface area contributed by atoms with E-state index in [9.17, 15) is 9.90 Å². The summed E-state index contributed by atoms with van der Waals surface area (Å²) in [5.74, 6) is -1.01. The molecule has 0 amide bonds. The summed E-state index contributed by atoms with van der Waals surface area (Å²) in [7, 11) is 0. The van der Waals surface area contributed by atoms with Crippen molar-refractivity contribution in [2.24, 2.45) is 5.92 Å². The standard InChI is InChI=1S/C18H18O2/c1-12-5-3-7-14(9-12)18(11-16(18)17(19)20)15-8-4-6-13(2)10-15/h3-10,16H,11H2,1-2H3,(H,19,20)/t16-/m1/s1. The normalized spacial score (nSPS) is 19.6. The van der Waals surface area contributed by atoms with Gasteiger partial charge in [0.25, 0.3) is 0 Å². The van der Waals surface area contributed by atoms with Crippen LogP contribution in [0.1, 0.15) is 28.7 Å². The van der Waals surface area contributed by atoms with E-state index in [1.54, 1.807) is 0 Å². The van der Waals surface area contributed by atoms with Gasteiger partial charge in [-0.25, -0.2) is 0 Å². The number of carboxylic acids is 1. The van der Waals surface area contributed by atoms with Gasteiger partial charge in [-0.15, -0.1) is 0 Å². The van der Waals surface area contributed by atoms with E-state index >= 15 is 0 Å². The largest absolute Gasteiger partial charge is 0.481 e. The second-order valence-corrected chi connectivity index (χ2v) is 5.81. The average Bonchev–Trinajstić information content (AvgIpc) is 3.15. The van der Waals surface area contributed by atoms with Crippen LogP contribution in [0.5, 0.6) is 0 Å². The first kappa shape index (κ1) is 12.9. The highest BCUT2D eigenvalue weighted by atomic mass is 16.4. The Bertz CT molecular complexity index is 627. The molecule has 2 aromatic carbocycles. The molecule has 2 heteroatoms. The van der Waals surface area contributed by atoms with Gasteiger partial charge in [0.05, 0.1) is 5.92 Å². The highest BCUT2D eigenvalue weighted by Gasteiger charge is 2.60. The molecule has 1 aliphatic rings. The molecule has 0 aliphatic heterocycles. The number of carboxylic acid groups (broad SMARTS) is 1. The third-order valence-electron chi connectivity index (χ3n) is 4.33. The maximum absolute atomic E-state index is 11.5. The van der Waals surface area contributed by atoms with E-state index in [1.165, 1.54) is 11.1 Å². The molecule has 2 aromatic rings. The van der Waals surface area contributed by atoms with Gasteiger partial charge in [-0.2, -0.15) is 0 Å². The molecule has 102 valence electrons. The van der Waals surface area contributed by atoms with Gasteiger partial charge in [0.1, 0.15) is 0 Å². The molecule has 1 saturated carbocycles. The molecule has 20 heavy (non-hydrogen) atoms. The SMILES string of the molecule is Cc1cccc(C2(c3cccc(C)c3)C[C@@H]2C(=O)O)c1. The van der Waals surface area contributed by atoms with E-state index in [0.29, 0.717) is 6.42 Å². The lowest BCUT2D eigenvalue weighted by Gasteiger charge is -2.19. The first-order valence-corrected chi connectivity index (χ1v) is 6.91. The Kier molecular flexibility index (Phi) is 2.89. The summed E-state index contributed by atoms with van der Waals surface area (Å²) >= 11 is 0. The number of rotatable bonds is 3. The number of carbonyl (C=O) groups is 1. The predicted molar refractivity (Wildman–Crippen MR) is 78.9 cm³/mol. The van der Waals surface area contributed by atoms with Crippen LogP contribution in [0.25, 0.3) is 0 Å². The van der Waals surface area contributed by atoms with Crippen molar-refractivity contribution < 1.29 is 9.90 Å². The molecular formula is C18H18O2. The van der Waals surface area contributed by atoms with Crippen LogP contribution in [-0.4, -0.2) is 11.1 Å². The van der Waals surface area contributed by atoms with E-state index in [4.69, 9.17) is 0 Å². The van der Waals surface area contributed by atoms with Gasteiger partial charge in [0.2, 0.25) is 0 Å². The Morgan fingerprint density at radius 1 is 1.05 bits per heavy atom. The Morgan fingerprint density at radius 2 is 1.55 bits per heavy atom. The van der Waals surface area contributed by atoms with Gasteiger partial charge in [0.15, 0.2) is 0 Å². The average molecular weight is 266 g/mol. The molecule has 2 nitrogen and oxygen atoms in total. The Balaban J connectivity index is 2.14. The van der Waals surface area contributed by atoms with Crippen molar-refractivity contribution in [2.45, 2.75) is 25.7 Å². The van der Waals surface area contributed by atoms with Gasteiger partial charge in [-0.05, 0) is 31.4 Å². The van der Waals surface area contributed by atoms with Crippen molar-refractivity contribution in [3.05, 3.63) is 70.8 Å². The summed E-state index contributed by atoms with van der Waals surface area (Å²) in [6.07, 6.45) is 0.690. The third kappa shape index (κ3) is 1.92. The van der Waals surface area contributed by atoms with Crippen molar-refractivity contribution in [1.29, 1.82) is 0 Å². The van der Waals surface area contributed by atoms with Gasteiger partial charge in [-0.1, -0.05) is 59.7 Å². The lowest BCUT2D eigenvalue weighted by molar-refractivity contribution is -0.138. The summed E-state index contributed by atoms with van der Waals surface area (Å²) in [4.78, 5) is 11.5. The molecule has 3 rings (SSSR count). The number of aryl methyl sites for hydroxylation is 2. The van der Waals surface area contributed by atoms with Crippen LogP contribution >= 0.6 is 0 Å². The lowest BCUT2D eigenvalue weighted by Crippen LogP contribution is -2.17. The summed E-state index contributed by atoms with van der Waals surface area (Å²) in [6.45, 7) is 4.09. The zero-order valence-electron chi connectivity index (χ0n) is 11.8. The van der Waals surface area contributed by atoms with Crippen LogP contribution in [0.15, 0.2) is 48.5 Å². The fourth-order valence-electron chi connectivity index (χ4n) is 3.21. The zero-order valence-corrected chi connectivity index (χ0v) is 11.8. The molecule has 1 fully saturated rings. The first-order valence-electron chi connectivity index (χ1n) is 6.91.